The lowest BCUT2D eigenvalue weighted by atomic mass is 10.1. The van der Waals surface area contributed by atoms with E-state index in [9.17, 15) is 4.79 Å². The number of nitrogens with zero attached hydrogens (tertiary/aromatic N) is 2. The average molecular weight is 297 g/mol. The highest BCUT2D eigenvalue weighted by atomic mass is 35.5. The van der Waals surface area contributed by atoms with Gasteiger partial charge in [-0.1, -0.05) is 23.2 Å². The zero-order valence-electron chi connectivity index (χ0n) is 9.95. The van der Waals surface area contributed by atoms with Gasteiger partial charge >= 0.3 is 0 Å². The Morgan fingerprint density at radius 3 is 2.84 bits per heavy atom. The van der Waals surface area contributed by atoms with Gasteiger partial charge in [0.2, 0.25) is 5.91 Å². The van der Waals surface area contributed by atoms with Gasteiger partial charge in [-0.2, -0.15) is 5.10 Å². The van der Waals surface area contributed by atoms with Crippen LogP contribution in [0.5, 0.6) is 0 Å². The number of hydrogen-bond donors (Lipinski definition) is 2. The maximum atomic E-state index is 11.8. The highest BCUT2D eigenvalue weighted by molar-refractivity contribution is 6.33. The molecule has 1 aromatic carbocycles. The van der Waals surface area contributed by atoms with Crippen LogP contribution >= 0.6 is 23.2 Å². The van der Waals surface area contributed by atoms with E-state index in [0.717, 1.165) is 11.3 Å². The van der Waals surface area contributed by atoms with Crippen molar-refractivity contribution >= 4 is 34.8 Å². The summed E-state index contributed by atoms with van der Waals surface area (Å²) in [4.78, 5) is 11.8. The molecule has 1 aromatic heterocycles. The first-order valence-electron chi connectivity index (χ1n) is 5.62. The highest BCUT2D eigenvalue weighted by Gasteiger charge is 2.30. The number of likely N-dealkylation sites (N-methyl/N-ethyl adjacent to an activating group) is 1. The number of carbonyl (C=O) groups excluding carboxylic acids is 1. The van der Waals surface area contributed by atoms with Crippen LogP contribution in [0.4, 0.5) is 5.69 Å². The maximum absolute atomic E-state index is 11.8. The second-order valence-corrected chi connectivity index (χ2v) is 5.05. The second kappa shape index (κ2) is 4.52. The Morgan fingerprint density at radius 2 is 2.21 bits per heavy atom. The summed E-state index contributed by atoms with van der Waals surface area (Å²) in [5, 5.41) is 10.9. The fourth-order valence-corrected chi connectivity index (χ4v) is 2.56. The molecule has 2 aromatic rings. The zero-order chi connectivity index (χ0) is 13.6. The SMILES string of the molecule is CNC1C(=O)Nc2cc(-n3cc(Cl)cn3)c(Cl)cc21. The Labute approximate surface area is 119 Å². The lowest BCUT2D eigenvalue weighted by Crippen LogP contribution is -2.23. The second-order valence-electron chi connectivity index (χ2n) is 4.20. The van der Waals surface area contributed by atoms with Gasteiger partial charge in [-0.25, -0.2) is 4.68 Å². The van der Waals surface area contributed by atoms with Crippen LogP contribution in [0.3, 0.4) is 0 Å². The number of anilines is 1. The van der Waals surface area contributed by atoms with Gasteiger partial charge in [0, 0.05) is 17.4 Å². The molecule has 1 atom stereocenters. The standard InChI is InChI=1S/C12H10Cl2N4O/c1-15-11-7-2-8(14)10(3-9(7)17-12(11)19)18-5-6(13)4-16-18/h2-5,11,15H,1H3,(H,17,19). The van der Waals surface area contributed by atoms with Crippen molar-refractivity contribution in [1.82, 2.24) is 15.1 Å². The molecule has 0 bridgehead atoms. The molecule has 0 aliphatic carbocycles. The first-order valence-corrected chi connectivity index (χ1v) is 6.38. The predicted molar refractivity (Wildman–Crippen MR) is 74.0 cm³/mol. The summed E-state index contributed by atoms with van der Waals surface area (Å²) in [5.74, 6) is -0.0933. The van der Waals surface area contributed by atoms with Crippen molar-refractivity contribution in [3.05, 3.63) is 40.1 Å². The molecule has 1 aliphatic heterocycles. The molecule has 3 rings (SSSR count). The first-order chi connectivity index (χ1) is 9.10. The van der Waals surface area contributed by atoms with Gasteiger partial charge in [-0.05, 0) is 19.2 Å². The number of nitrogens with one attached hydrogen (secondary N) is 2. The maximum Gasteiger partial charge on any atom is 0.246 e. The molecule has 5 nitrogen and oxygen atoms in total. The van der Waals surface area contributed by atoms with Crippen molar-refractivity contribution in [2.24, 2.45) is 0 Å². The largest absolute Gasteiger partial charge is 0.324 e. The fraction of sp³-hybridized carbons (Fsp3) is 0.167. The Kier molecular flexibility index (Phi) is 2.97. The van der Waals surface area contributed by atoms with E-state index in [4.69, 9.17) is 23.2 Å². The molecule has 1 aliphatic rings. The van der Waals surface area contributed by atoms with Crippen LogP contribution in [0, 0.1) is 0 Å². The average Bonchev–Trinajstić information content (AvgIpc) is 2.91. The van der Waals surface area contributed by atoms with Crippen molar-refractivity contribution in [3.63, 3.8) is 0 Å². The third-order valence-corrected chi connectivity index (χ3v) is 3.53. The van der Waals surface area contributed by atoms with Gasteiger partial charge < -0.3 is 10.6 Å². The zero-order valence-corrected chi connectivity index (χ0v) is 11.5. The van der Waals surface area contributed by atoms with Crippen LogP contribution in [-0.4, -0.2) is 22.7 Å². The first kappa shape index (κ1) is 12.5. The summed E-state index contributed by atoms with van der Waals surface area (Å²) >= 11 is 12.1. The summed E-state index contributed by atoms with van der Waals surface area (Å²) in [7, 11) is 1.73. The van der Waals surface area contributed by atoms with Crippen molar-refractivity contribution < 1.29 is 4.79 Å². The summed E-state index contributed by atoms with van der Waals surface area (Å²) < 4.78 is 1.57. The van der Waals surface area contributed by atoms with E-state index in [2.05, 4.69) is 15.7 Å². The van der Waals surface area contributed by atoms with Crippen LogP contribution in [0.2, 0.25) is 10.0 Å². The molecule has 0 radical (unpaired) electrons. The Hall–Kier alpha value is -1.56. The molecule has 2 heterocycles. The topological polar surface area (TPSA) is 59.0 Å². The lowest BCUT2D eigenvalue weighted by molar-refractivity contribution is -0.117. The summed E-state index contributed by atoms with van der Waals surface area (Å²) in [6.07, 6.45) is 3.18. The third kappa shape index (κ3) is 2.00. The van der Waals surface area contributed by atoms with Gasteiger partial charge in [-0.3, -0.25) is 4.79 Å². The predicted octanol–water partition coefficient (Wildman–Crippen LogP) is 2.39. The molecule has 98 valence electrons. The molecule has 7 heteroatoms. The molecule has 0 saturated carbocycles. The van der Waals surface area contributed by atoms with E-state index in [0.29, 0.717) is 15.7 Å². The number of hydrogen-bond acceptors (Lipinski definition) is 3. The van der Waals surface area contributed by atoms with Gasteiger partial charge in [0.05, 0.1) is 21.9 Å². The van der Waals surface area contributed by atoms with Crippen molar-refractivity contribution in [2.45, 2.75) is 6.04 Å². The Balaban J connectivity index is 2.12. The van der Waals surface area contributed by atoms with Crippen LogP contribution in [0.1, 0.15) is 11.6 Å². The molecule has 1 unspecified atom stereocenters. The number of rotatable bonds is 2. The van der Waals surface area contributed by atoms with Gasteiger partial charge in [-0.15, -0.1) is 0 Å². The summed E-state index contributed by atoms with van der Waals surface area (Å²) in [6.45, 7) is 0. The summed E-state index contributed by atoms with van der Waals surface area (Å²) in [6, 6.07) is 3.18. The van der Waals surface area contributed by atoms with Crippen molar-refractivity contribution in [3.8, 4) is 5.69 Å². The van der Waals surface area contributed by atoms with Gasteiger partial charge in [0.1, 0.15) is 6.04 Å². The van der Waals surface area contributed by atoms with E-state index >= 15 is 0 Å². The number of aromatic nitrogens is 2. The highest BCUT2D eigenvalue weighted by Crippen LogP contribution is 2.36. The fourth-order valence-electron chi connectivity index (χ4n) is 2.17. The van der Waals surface area contributed by atoms with E-state index in [1.54, 1.807) is 30.1 Å². The minimum Gasteiger partial charge on any atom is -0.324 e. The summed E-state index contributed by atoms with van der Waals surface area (Å²) in [5.41, 5.74) is 2.24. The Morgan fingerprint density at radius 1 is 1.42 bits per heavy atom. The minimum atomic E-state index is -0.372. The number of benzene rings is 1. The molecule has 19 heavy (non-hydrogen) atoms. The number of fused-ring (bicyclic) bond motifs is 1. The van der Waals surface area contributed by atoms with Crippen LogP contribution in [0.25, 0.3) is 5.69 Å². The number of halogens is 2. The minimum absolute atomic E-state index is 0.0933. The van der Waals surface area contributed by atoms with Crippen LogP contribution < -0.4 is 10.6 Å². The van der Waals surface area contributed by atoms with Crippen molar-refractivity contribution in [2.75, 3.05) is 12.4 Å². The number of carbonyl (C=O) groups is 1. The van der Waals surface area contributed by atoms with E-state index in [1.807, 2.05) is 0 Å². The molecule has 2 N–H and O–H groups in total. The van der Waals surface area contributed by atoms with E-state index < -0.39 is 0 Å². The lowest BCUT2D eigenvalue weighted by Gasteiger charge is -2.10. The molecular formula is C12H10Cl2N4O. The molecule has 0 saturated heterocycles. The normalized spacial score (nSPS) is 17.4. The van der Waals surface area contributed by atoms with Crippen LogP contribution in [0.15, 0.2) is 24.5 Å². The van der Waals surface area contributed by atoms with Crippen LogP contribution in [-0.2, 0) is 4.79 Å². The van der Waals surface area contributed by atoms with E-state index in [1.165, 1.54) is 6.20 Å². The monoisotopic (exact) mass is 296 g/mol. The quantitative estimate of drug-likeness (QED) is 0.895. The van der Waals surface area contributed by atoms with Gasteiger partial charge in [0.25, 0.3) is 0 Å². The Bertz CT molecular complexity index is 668. The van der Waals surface area contributed by atoms with Gasteiger partial charge in [0.15, 0.2) is 0 Å². The molecule has 1 amide bonds. The molecule has 0 fully saturated rings. The smallest absolute Gasteiger partial charge is 0.246 e. The van der Waals surface area contributed by atoms with Crippen molar-refractivity contribution in [1.29, 1.82) is 0 Å². The molecular weight excluding hydrogens is 287 g/mol. The third-order valence-electron chi connectivity index (χ3n) is 3.04. The number of amides is 1. The molecule has 0 spiro atoms. The van der Waals surface area contributed by atoms with E-state index in [-0.39, 0.29) is 11.9 Å².